The van der Waals surface area contributed by atoms with E-state index in [1.807, 2.05) is 21.8 Å². The fourth-order valence-corrected chi connectivity index (χ4v) is 1.97. The molecule has 0 heterocycles. The van der Waals surface area contributed by atoms with Crippen LogP contribution in [0, 0.1) is 0 Å². The van der Waals surface area contributed by atoms with E-state index in [4.69, 9.17) is 9.29 Å². The van der Waals surface area contributed by atoms with Gasteiger partial charge in [-0.2, -0.15) is 8.42 Å². The van der Waals surface area contributed by atoms with E-state index < -0.39 is 21.8 Å². The summed E-state index contributed by atoms with van der Waals surface area (Å²) in [5.74, 6) is -1.16. The van der Waals surface area contributed by atoms with Crippen molar-refractivity contribution in [3.8, 4) is 0 Å². The molecule has 0 spiro atoms. The predicted octanol–water partition coefficient (Wildman–Crippen LogP) is -1.88. The highest BCUT2D eigenvalue weighted by molar-refractivity contribution is 7.85. The normalized spacial score (nSPS) is 11.2. The highest BCUT2D eigenvalue weighted by atomic mass is 32.2. The third-order valence-corrected chi connectivity index (χ3v) is 3.24. The summed E-state index contributed by atoms with van der Waals surface area (Å²) >= 11 is 0. The lowest BCUT2D eigenvalue weighted by Gasteiger charge is -2.10. The SMILES string of the molecule is BCc1c(B)cccc1C(=O)OCCS(=O)(=O)O. The minimum Gasteiger partial charge on any atom is -0.461 e. The molecule has 0 amide bonds. The number of hydrogen-bond donors (Lipinski definition) is 1. The largest absolute Gasteiger partial charge is 0.461 e. The average Bonchev–Trinajstić information content (AvgIpc) is 2.26. The van der Waals surface area contributed by atoms with E-state index in [2.05, 4.69) is 0 Å². The molecule has 8 heteroatoms. The van der Waals surface area contributed by atoms with Crippen molar-refractivity contribution < 1.29 is 22.5 Å². The molecule has 0 unspecified atom stereocenters. The van der Waals surface area contributed by atoms with Crippen molar-refractivity contribution in [2.75, 3.05) is 12.4 Å². The number of rotatable bonds is 5. The first-order chi connectivity index (χ1) is 8.35. The van der Waals surface area contributed by atoms with Gasteiger partial charge in [-0.15, -0.1) is 0 Å². The van der Waals surface area contributed by atoms with Crippen LogP contribution >= 0.6 is 0 Å². The Morgan fingerprint density at radius 1 is 1.39 bits per heavy atom. The monoisotopic (exact) mass is 268 g/mol. The van der Waals surface area contributed by atoms with Crippen LogP contribution < -0.4 is 5.46 Å². The standard InChI is InChI=1S/C10H14B2O5S/c11-6-8-7(2-1-3-9(8)12)10(13)17-4-5-18(14,15)16/h1-3H,4-6,11-12H2,(H,14,15,16). The van der Waals surface area contributed by atoms with Crippen molar-refractivity contribution in [2.24, 2.45) is 0 Å². The number of carbonyl (C=O) groups is 1. The molecule has 18 heavy (non-hydrogen) atoms. The van der Waals surface area contributed by atoms with Gasteiger partial charge in [0.2, 0.25) is 0 Å². The molecular formula is C10H14B2O5S. The van der Waals surface area contributed by atoms with E-state index in [1.165, 1.54) is 0 Å². The van der Waals surface area contributed by atoms with Gasteiger partial charge in [0.05, 0.1) is 5.56 Å². The Morgan fingerprint density at radius 2 is 2.06 bits per heavy atom. The molecule has 5 nitrogen and oxygen atoms in total. The van der Waals surface area contributed by atoms with Gasteiger partial charge in [0.25, 0.3) is 10.1 Å². The number of ether oxygens (including phenoxy) is 1. The molecule has 1 aromatic rings. The molecule has 0 aliphatic carbocycles. The Kier molecular flexibility index (Phi) is 4.98. The number of hydrogen-bond acceptors (Lipinski definition) is 4. The molecule has 0 aromatic heterocycles. The molecule has 0 aliphatic heterocycles. The lowest BCUT2D eigenvalue weighted by molar-refractivity contribution is 0.0527. The minimum atomic E-state index is -4.10. The van der Waals surface area contributed by atoms with Crippen molar-refractivity contribution in [3.63, 3.8) is 0 Å². The summed E-state index contributed by atoms with van der Waals surface area (Å²) in [7, 11) is -0.279. The van der Waals surface area contributed by atoms with Crippen molar-refractivity contribution in [1.29, 1.82) is 0 Å². The first kappa shape index (κ1) is 14.8. The molecule has 0 fully saturated rings. The number of benzene rings is 1. The first-order valence-electron chi connectivity index (χ1n) is 5.56. The average molecular weight is 268 g/mol. The summed E-state index contributed by atoms with van der Waals surface area (Å²) in [4.78, 5) is 11.8. The van der Waals surface area contributed by atoms with Crippen molar-refractivity contribution in [3.05, 3.63) is 29.3 Å². The molecule has 0 aliphatic rings. The maximum Gasteiger partial charge on any atom is 0.338 e. The summed E-state index contributed by atoms with van der Waals surface area (Å²) in [6, 6.07) is 5.28. The summed E-state index contributed by atoms with van der Waals surface area (Å²) in [6.07, 6.45) is 0.690. The quantitative estimate of drug-likeness (QED) is 0.384. The van der Waals surface area contributed by atoms with Gasteiger partial charge in [0.15, 0.2) is 0 Å². The second kappa shape index (κ2) is 6.06. The van der Waals surface area contributed by atoms with Crippen LogP contribution in [0.3, 0.4) is 0 Å². The van der Waals surface area contributed by atoms with E-state index in [-0.39, 0.29) is 6.61 Å². The Balaban J connectivity index is 2.76. The van der Waals surface area contributed by atoms with Crippen molar-refractivity contribution in [1.82, 2.24) is 0 Å². The molecule has 1 rings (SSSR count). The zero-order chi connectivity index (χ0) is 13.8. The first-order valence-corrected chi connectivity index (χ1v) is 7.17. The smallest absolute Gasteiger partial charge is 0.338 e. The Morgan fingerprint density at radius 3 is 2.61 bits per heavy atom. The van der Waals surface area contributed by atoms with Gasteiger partial charge >= 0.3 is 5.97 Å². The third kappa shape index (κ3) is 4.19. The summed E-state index contributed by atoms with van der Waals surface area (Å²) in [6.45, 7) is -0.352. The maximum absolute atomic E-state index is 11.8. The van der Waals surface area contributed by atoms with E-state index in [0.29, 0.717) is 11.9 Å². The Hall–Kier alpha value is -1.27. The zero-order valence-corrected chi connectivity index (χ0v) is 11.2. The van der Waals surface area contributed by atoms with Gasteiger partial charge in [-0.3, -0.25) is 4.55 Å². The molecule has 96 valence electrons. The van der Waals surface area contributed by atoms with Gasteiger partial charge < -0.3 is 4.74 Å². The molecular weight excluding hydrogens is 254 g/mol. The number of carbonyl (C=O) groups excluding carboxylic acids is 1. The summed E-state index contributed by atoms with van der Waals surface area (Å²) in [5, 5.41) is 0. The second-order valence-corrected chi connectivity index (χ2v) is 5.45. The second-order valence-electron chi connectivity index (χ2n) is 3.88. The van der Waals surface area contributed by atoms with E-state index in [1.54, 1.807) is 12.1 Å². The predicted molar refractivity (Wildman–Crippen MR) is 73.6 cm³/mol. The van der Waals surface area contributed by atoms with Gasteiger partial charge in [-0.25, -0.2) is 4.79 Å². The highest BCUT2D eigenvalue weighted by Gasteiger charge is 2.14. The summed E-state index contributed by atoms with van der Waals surface area (Å²) in [5.41, 5.74) is 2.31. The highest BCUT2D eigenvalue weighted by Crippen LogP contribution is 2.08. The molecule has 0 bridgehead atoms. The van der Waals surface area contributed by atoms with Crippen LogP contribution in [0.25, 0.3) is 0 Å². The van der Waals surface area contributed by atoms with Gasteiger partial charge in [-0.05, 0) is 11.6 Å². The van der Waals surface area contributed by atoms with Crippen LogP contribution in [0.1, 0.15) is 15.9 Å². The number of esters is 1. The zero-order valence-electron chi connectivity index (χ0n) is 10.3. The molecule has 0 saturated carbocycles. The third-order valence-electron chi connectivity index (χ3n) is 2.56. The van der Waals surface area contributed by atoms with Crippen LogP contribution in [0.15, 0.2) is 18.2 Å². The van der Waals surface area contributed by atoms with Gasteiger partial charge in [0.1, 0.15) is 28.1 Å². The lowest BCUT2D eigenvalue weighted by atomic mass is 9.81. The molecule has 0 atom stereocenters. The van der Waals surface area contributed by atoms with Crippen molar-refractivity contribution in [2.45, 2.75) is 6.32 Å². The molecule has 0 saturated heterocycles. The molecule has 0 radical (unpaired) electrons. The Bertz CT molecular complexity index is 541. The van der Waals surface area contributed by atoms with Crippen LogP contribution in [0.5, 0.6) is 0 Å². The maximum atomic E-state index is 11.8. The van der Waals surface area contributed by atoms with Crippen LogP contribution in [-0.2, 0) is 21.2 Å². The lowest BCUT2D eigenvalue weighted by Crippen LogP contribution is -2.20. The van der Waals surface area contributed by atoms with E-state index in [0.717, 1.165) is 11.0 Å². The topological polar surface area (TPSA) is 80.7 Å². The van der Waals surface area contributed by atoms with Crippen LogP contribution in [0.4, 0.5) is 0 Å². The van der Waals surface area contributed by atoms with E-state index >= 15 is 0 Å². The van der Waals surface area contributed by atoms with Crippen molar-refractivity contribution >= 4 is 37.2 Å². The molecule has 1 N–H and O–H groups in total. The van der Waals surface area contributed by atoms with Gasteiger partial charge in [-0.1, -0.05) is 23.9 Å². The molecule has 1 aromatic carbocycles. The van der Waals surface area contributed by atoms with E-state index in [9.17, 15) is 13.2 Å². The Labute approximate surface area is 108 Å². The van der Waals surface area contributed by atoms with Crippen LogP contribution in [0.2, 0.25) is 0 Å². The summed E-state index contributed by atoms with van der Waals surface area (Å²) < 4.78 is 34.3. The fraction of sp³-hybridized carbons (Fsp3) is 0.300. The van der Waals surface area contributed by atoms with Crippen LogP contribution in [-0.4, -0.2) is 47.0 Å². The minimum absolute atomic E-state index is 0.352. The fourth-order valence-electron chi connectivity index (χ4n) is 1.68. The van der Waals surface area contributed by atoms with Gasteiger partial charge in [0, 0.05) is 0 Å².